The lowest BCUT2D eigenvalue weighted by molar-refractivity contribution is 0.249. The molecule has 0 radical (unpaired) electrons. The first-order valence-corrected chi connectivity index (χ1v) is 3.15. The van der Waals surface area contributed by atoms with Crippen LogP contribution < -0.4 is 5.32 Å². The number of rotatable bonds is 1. The van der Waals surface area contributed by atoms with Crippen LogP contribution in [0.1, 0.15) is 13.8 Å². The molecule has 4 heteroatoms. The molecule has 0 bridgehead atoms. The molecule has 3 nitrogen and oxygen atoms in total. The van der Waals surface area contributed by atoms with Gasteiger partial charge in [0, 0.05) is 6.21 Å². The number of urea groups is 1. The summed E-state index contributed by atoms with van der Waals surface area (Å²) >= 11 is 3.92. The second kappa shape index (κ2) is 4.38. The second-order valence-electron chi connectivity index (χ2n) is 1.51. The van der Waals surface area contributed by atoms with Crippen LogP contribution in [0.15, 0.2) is 4.99 Å². The van der Waals surface area contributed by atoms with E-state index in [9.17, 15) is 4.79 Å². The molecule has 0 saturated carbocycles. The number of carbonyl (C=O) groups excluding carboxylic acids is 1. The highest BCUT2D eigenvalue weighted by atomic mass is 32.1. The molecule has 0 heterocycles. The van der Waals surface area contributed by atoms with Crippen LogP contribution in [-0.4, -0.2) is 17.6 Å². The summed E-state index contributed by atoms with van der Waals surface area (Å²) in [6.07, 6.45) is 1.44. The van der Waals surface area contributed by atoms with Crippen molar-refractivity contribution < 1.29 is 4.79 Å². The van der Waals surface area contributed by atoms with Crippen molar-refractivity contribution in [2.24, 2.45) is 4.99 Å². The third-order valence-corrected chi connectivity index (χ3v) is 0.708. The maximum atomic E-state index is 10.5. The topological polar surface area (TPSA) is 41.5 Å². The molecule has 0 aliphatic heterocycles. The monoisotopic (exact) mass is 146 g/mol. The SMILES string of the molecule is CC=NC(=O)NC(C)S. The van der Waals surface area contributed by atoms with Gasteiger partial charge in [0.05, 0.1) is 5.37 Å². The molecule has 0 spiro atoms. The third-order valence-electron chi connectivity index (χ3n) is 0.579. The maximum Gasteiger partial charge on any atom is 0.341 e. The van der Waals surface area contributed by atoms with Gasteiger partial charge in [-0.2, -0.15) is 12.6 Å². The summed E-state index contributed by atoms with van der Waals surface area (Å²) in [6.45, 7) is 3.44. The largest absolute Gasteiger partial charge is 0.341 e. The molecular weight excluding hydrogens is 136 g/mol. The summed E-state index contributed by atoms with van der Waals surface area (Å²) < 4.78 is 0. The van der Waals surface area contributed by atoms with Crippen molar-refractivity contribution in [2.75, 3.05) is 0 Å². The summed E-state index contributed by atoms with van der Waals surface area (Å²) in [5, 5.41) is 2.33. The van der Waals surface area contributed by atoms with E-state index in [1.54, 1.807) is 13.8 Å². The van der Waals surface area contributed by atoms with Gasteiger partial charge in [0.25, 0.3) is 0 Å². The lowest BCUT2D eigenvalue weighted by atomic mass is 10.7. The molecule has 1 unspecified atom stereocenters. The van der Waals surface area contributed by atoms with Crippen molar-refractivity contribution in [2.45, 2.75) is 19.2 Å². The zero-order chi connectivity index (χ0) is 7.28. The predicted octanol–water partition coefficient (Wildman–Crippen LogP) is 1.06. The van der Waals surface area contributed by atoms with Crippen LogP contribution in [0, 0.1) is 0 Å². The Hall–Kier alpha value is -0.510. The van der Waals surface area contributed by atoms with Crippen molar-refractivity contribution in [1.82, 2.24) is 5.32 Å². The summed E-state index contributed by atoms with van der Waals surface area (Å²) in [7, 11) is 0. The fourth-order valence-electron chi connectivity index (χ4n) is 0.333. The Bertz CT molecular complexity index is 122. The predicted molar refractivity (Wildman–Crippen MR) is 41.1 cm³/mol. The normalized spacial score (nSPS) is 13.7. The Morgan fingerprint density at radius 3 is 2.78 bits per heavy atom. The molecule has 52 valence electrons. The number of carbonyl (C=O) groups is 1. The van der Waals surface area contributed by atoms with Crippen molar-refractivity contribution >= 4 is 24.9 Å². The zero-order valence-corrected chi connectivity index (χ0v) is 6.35. The molecule has 0 aromatic carbocycles. The number of thiol groups is 1. The molecule has 0 aromatic rings. The highest BCUT2D eigenvalue weighted by molar-refractivity contribution is 7.80. The van der Waals surface area contributed by atoms with Crippen LogP contribution in [0.2, 0.25) is 0 Å². The van der Waals surface area contributed by atoms with Gasteiger partial charge in [-0.05, 0) is 13.8 Å². The van der Waals surface area contributed by atoms with Gasteiger partial charge < -0.3 is 5.32 Å². The summed E-state index contributed by atoms with van der Waals surface area (Å²) in [4.78, 5) is 13.9. The van der Waals surface area contributed by atoms with E-state index in [1.807, 2.05) is 0 Å². The minimum absolute atomic E-state index is 0.138. The first kappa shape index (κ1) is 8.49. The number of hydrogen-bond acceptors (Lipinski definition) is 2. The van der Waals surface area contributed by atoms with Gasteiger partial charge in [-0.15, -0.1) is 0 Å². The number of hydrogen-bond donors (Lipinski definition) is 2. The van der Waals surface area contributed by atoms with Gasteiger partial charge >= 0.3 is 6.03 Å². The number of nitrogens with one attached hydrogen (secondary N) is 1. The smallest absolute Gasteiger partial charge is 0.325 e. The lowest BCUT2D eigenvalue weighted by Gasteiger charge is -2.01. The first-order valence-electron chi connectivity index (χ1n) is 2.64. The average Bonchev–Trinajstić information content (AvgIpc) is 1.63. The van der Waals surface area contributed by atoms with Crippen LogP contribution in [-0.2, 0) is 0 Å². The lowest BCUT2D eigenvalue weighted by Crippen LogP contribution is -2.25. The van der Waals surface area contributed by atoms with E-state index >= 15 is 0 Å². The number of nitrogens with zero attached hydrogens (tertiary/aromatic N) is 1. The van der Waals surface area contributed by atoms with Gasteiger partial charge in [-0.1, -0.05) is 0 Å². The molecule has 0 saturated heterocycles. The van der Waals surface area contributed by atoms with E-state index < -0.39 is 0 Å². The number of aliphatic imine (C=N–C) groups is 1. The first-order chi connectivity index (χ1) is 4.16. The maximum absolute atomic E-state index is 10.5. The van der Waals surface area contributed by atoms with E-state index in [0.29, 0.717) is 0 Å². The molecular formula is C5H10N2OS. The van der Waals surface area contributed by atoms with E-state index in [2.05, 4.69) is 22.9 Å². The Morgan fingerprint density at radius 1 is 1.89 bits per heavy atom. The van der Waals surface area contributed by atoms with Crippen LogP contribution in [0.4, 0.5) is 4.79 Å². The van der Waals surface area contributed by atoms with Crippen molar-refractivity contribution in [1.29, 1.82) is 0 Å². The average molecular weight is 146 g/mol. The third kappa shape index (κ3) is 5.36. The van der Waals surface area contributed by atoms with Gasteiger partial charge in [0.15, 0.2) is 0 Å². The van der Waals surface area contributed by atoms with Gasteiger partial charge in [-0.25, -0.2) is 9.79 Å². The van der Waals surface area contributed by atoms with E-state index in [0.717, 1.165) is 0 Å². The molecule has 2 amide bonds. The Labute approximate surface area is 60.0 Å². The Morgan fingerprint density at radius 2 is 2.44 bits per heavy atom. The fourth-order valence-corrected chi connectivity index (χ4v) is 0.444. The highest BCUT2D eigenvalue weighted by Gasteiger charge is 1.96. The molecule has 0 aliphatic rings. The molecule has 1 atom stereocenters. The Kier molecular flexibility index (Phi) is 4.13. The van der Waals surface area contributed by atoms with Crippen molar-refractivity contribution in [3.05, 3.63) is 0 Å². The fraction of sp³-hybridized carbons (Fsp3) is 0.600. The van der Waals surface area contributed by atoms with Crippen molar-refractivity contribution in [3.63, 3.8) is 0 Å². The molecule has 0 rings (SSSR count). The van der Waals surface area contributed by atoms with E-state index in [1.165, 1.54) is 6.21 Å². The van der Waals surface area contributed by atoms with Crippen LogP contribution in [0.25, 0.3) is 0 Å². The summed E-state index contributed by atoms with van der Waals surface area (Å²) in [5.74, 6) is 0. The standard InChI is InChI=1S/C5H10N2OS/c1-3-6-5(8)7-4(2)9/h3-4,9H,1-2H3,(H,7,8). The second-order valence-corrected chi connectivity index (χ2v) is 2.29. The molecule has 0 fully saturated rings. The minimum Gasteiger partial charge on any atom is -0.325 e. The zero-order valence-electron chi connectivity index (χ0n) is 5.46. The van der Waals surface area contributed by atoms with Gasteiger partial charge in [0.1, 0.15) is 0 Å². The van der Waals surface area contributed by atoms with E-state index in [4.69, 9.17) is 0 Å². The molecule has 9 heavy (non-hydrogen) atoms. The van der Waals surface area contributed by atoms with Crippen LogP contribution in [0.5, 0.6) is 0 Å². The number of amides is 2. The van der Waals surface area contributed by atoms with Gasteiger partial charge in [-0.3, -0.25) is 0 Å². The summed E-state index contributed by atoms with van der Waals surface area (Å²) in [5.41, 5.74) is 0. The molecule has 0 aliphatic carbocycles. The van der Waals surface area contributed by atoms with Crippen LogP contribution >= 0.6 is 12.6 Å². The minimum atomic E-state index is -0.347. The molecule has 1 N–H and O–H groups in total. The van der Waals surface area contributed by atoms with Gasteiger partial charge in [0.2, 0.25) is 0 Å². The van der Waals surface area contributed by atoms with Crippen LogP contribution in [0.3, 0.4) is 0 Å². The van der Waals surface area contributed by atoms with E-state index in [-0.39, 0.29) is 11.4 Å². The summed E-state index contributed by atoms with van der Waals surface area (Å²) in [6, 6.07) is -0.347. The Balaban J connectivity index is 3.51. The highest BCUT2D eigenvalue weighted by Crippen LogP contribution is 1.85. The quantitative estimate of drug-likeness (QED) is 0.324. The molecule has 0 aromatic heterocycles. The van der Waals surface area contributed by atoms with Crippen molar-refractivity contribution in [3.8, 4) is 0 Å².